The van der Waals surface area contributed by atoms with E-state index in [1.807, 2.05) is 25.1 Å². The van der Waals surface area contributed by atoms with E-state index < -0.39 is 0 Å². The zero-order valence-electron chi connectivity index (χ0n) is 20.7. The molecule has 1 amide bonds. The average molecular weight is 530 g/mol. The first-order valence-corrected chi connectivity index (χ1v) is 11.6. The lowest BCUT2D eigenvalue weighted by Gasteiger charge is -2.30. The van der Waals surface area contributed by atoms with Gasteiger partial charge < -0.3 is 25.8 Å². The van der Waals surface area contributed by atoms with Crippen molar-refractivity contribution in [1.29, 1.82) is 0 Å². The third-order valence-electron chi connectivity index (χ3n) is 5.81. The molecule has 2 atom stereocenters. The first-order valence-electron chi connectivity index (χ1n) is 11.6. The van der Waals surface area contributed by atoms with Crippen LogP contribution in [0.5, 0.6) is 0 Å². The highest BCUT2D eigenvalue weighted by Crippen LogP contribution is 2.28. The summed E-state index contributed by atoms with van der Waals surface area (Å²) in [5.74, 6) is 1.13. The third kappa shape index (κ3) is 9.07. The number of rotatable bonds is 11. The fraction of sp³-hybridized carbons (Fsp3) is 0.583. The SMILES string of the molecule is COCCCNC(=O)c1nc(N[C@H]2CCCC[C@H]2N=C(N)CCOC)c2cc(C)ccc2n1.Cl.Cl. The molecule has 0 radical (unpaired) electrons. The fourth-order valence-electron chi connectivity index (χ4n) is 4.05. The van der Waals surface area contributed by atoms with Crippen molar-refractivity contribution < 1.29 is 14.3 Å². The highest BCUT2D eigenvalue weighted by Gasteiger charge is 2.26. The van der Waals surface area contributed by atoms with E-state index in [0.717, 1.165) is 48.6 Å². The Hall–Kier alpha value is -2.20. The molecule has 196 valence electrons. The number of nitrogens with zero attached hydrogens (tertiary/aromatic N) is 3. The maximum absolute atomic E-state index is 12.7. The summed E-state index contributed by atoms with van der Waals surface area (Å²) in [5.41, 5.74) is 7.98. The Morgan fingerprint density at radius 1 is 1.14 bits per heavy atom. The minimum absolute atomic E-state index is 0. The molecule has 4 N–H and O–H groups in total. The summed E-state index contributed by atoms with van der Waals surface area (Å²) in [6.45, 7) is 3.68. The maximum Gasteiger partial charge on any atom is 0.289 e. The number of nitrogens with two attached hydrogens (primary N) is 1. The van der Waals surface area contributed by atoms with E-state index in [0.29, 0.717) is 37.8 Å². The number of benzene rings is 1. The summed E-state index contributed by atoms with van der Waals surface area (Å²) in [4.78, 5) is 26.6. The first-order chi connectivity index (χ1) is 16.0. The van der Waals surface area contributed by atoms with Crippen LogP contribution in [-0.4, -0.2) is 67.8 Å². The van der Waals surface area contributed by atoms with Crippen LogP contribution in [0.2, 0.25) is 0 Å². The van der Waals surface area contributed by atoms with Gasteiger partial charge in [-0.2, -0.15) is 0 Å². The molecule has 0 bridgehead atoms. The van der Waals surface area contributed by atoms with Gasteiger partial charge in [-0.1, -0.05) is 24.5 Å². The quantitative estimate of drug-likeness (QED) is 0.231. The molecule has 2 aromatic rings. The van der Waals surface area contributed by atoms with Crippen LogP contribution in [0, 0.1) is 6.92 Å². The Labute approximate surface area is 219 Å². The number of fused-ring (bicyclic) bond motifs is 1. The van der Waals surface area contributed by atoms with E-state index in [1.54, 1.807) is 14.2 Å². The minimum Gasteiger partial charge on any atom is -0.387 e. The summed E-state index contributed by atoms with van der Waals surface area (Å²) < 4.78 is 10.2. The summed E-state index contributed by atoms with van der Waals surface area (Å²) in [6.07, 6.45) is 5.48. The van der Waals surface area contributed by atoms with Crippen molar-refractivity contribution in [1.82, 2.24) is 15.3 Å². The van der Waals surface area contributed by atoms with E-state index >= 15 is 0 Å². The van der Waals surface area contributed by atoms with Crippen LogP contribution in [0.4, 0.5) is 5.82 Å². The second-order valence-electron chi connectivity index (χ2n) is 8.48. The number of ether oxygens (including phenoxy) is 2. The smallest absolute Gasteiger partial charge is 0.289 e. The van der Waals surface area contributed by atoms with Gasteiger partial charge in [-0.15, -0.1) is 24.8 Å². The number of anilines is 1. The van der Waals surface area contributed by atoms with E-state index in [1.165, 1.54) is 0 Å². The van der Waals surface area contributed by atoms with Crippen LogP contribution in [0.1, 0.15) is 54.7 Å². The van der Waals surface area contributed by atoms with E-state index in [-0.39, 0.29) is 48.6 Å². The molecule has 1 aromatic heterocycles. The summed E-state index contributed by atoms with van der Waals surface area (Å²) in [7, 11) is 3.30. The van der Waals surface area contributed by atoms with Crippen molar-refractivity contribution in [3.63, 3.8) is 0 Å². The second-order valence-corrected chi connectivity index (χ2v) is 8.48. The molecule has 3 rings (SSSR count). The van der Waals surface area contributed by atoms with Gasteiger partial charge in [0.1, 0.15) is 5.82 Å². The fourth-order valence-corrected chi connectivity index (χ4v) is 4.05. The largest absolute Gasteiger partial charge is 0.387 e. The molecule has 1 aromatic carbocycles. The average Bonchev–Trinajstić information content (AvgIpc) is 2.81. The molecular weight excluding hydrogens is 491 g/mol. The molecule has 0 aliphatic heterocycles. The lowest BCUT2D eigenvalue weighted by atomic mass is 9.90. The molecule has 0 unspecified atom stereocenters. The van der Waals surface area contributed by atoms with Crippen molar-refractivity contribution in [2.75, 3.05) is 39.3 Å². The predicted molar refractivity (Wildman–Crippen MR) is 145 cm³/mol. The van der Waals surface area contributed by atoms with Gasteiger partial charge in [0.25, 0.3) is 5.91 Å². The van der Waals surface area contributed by atoms with Crippen LogP contribution in [0.25, 0.3) is 10.9 Å². The molecule has 35 heavy (non-hydrogen) atoms. The molecule has 1 aliphatic rings. The number of methoxy groups -OCH3 is 2. The predicted octanol–water partition coefficient (Wildman–Crippen LogP) is 3.66. The molecule has 11 heteroatoms. The number of aliphatic imine (C=N–C) groups is 1. The molecule has 0 saturated heterocycles. The Kier molecular flexibility index (Phi) is 13.9. The van der Waals surface area contributed by atoms with Crippen molar-refractivity contribution in [2.24, 2.45) is 10.7 Å². The number of nitrogens with one attached hydrogen (secondary N) is 2. The number of carbonyl (C=O) groups excluding carboxylic acids is 1. The molecule has 1 fully saturated rings. The molecule has 1 heterocycles. The topological polar surface area (TPSA) is 124 Å². The Balaban J connectivity index is 0.00000306. The number of aromatic nitrogens is 2. The Morgan fingerprint density at radius 3 is 2.63 bits per heavy atom. The maximum atomic E-state index is 12.7. The van der Waals surface area contributed by atoms with Crippen LogP contribution in [0.3, 0.4) is 0 Å². The molecular formula is C24H38Cl2N6O3. The summed E-state index contributed by atoms with van der Waals surface area (Å²) >= 11 is 0. The Morgan fingerprint density at radius 2 is 1.89 bits per heavy atom. The van der Waals surface area contributed by atoms with Crippen molar-refractivity contribution >= 4 is 53.3 Å². The third-order valence-corrected chi connectivity index (χ3v) is 5.81. The van der Waals surface area contributed by atoms with Crippen molar-refractivity contribution in [2.45, 2.75) is 57.5 Å². The molecule has 1 saturated carbocycles. The van der Waals surface area contributed by atoms with Crippen LogP contribution < -0.4 is 16.4 Å². The van der Waals surface area contributed by atoms with Crippen molar-refractivity contribution in [3.8, 4) is 0 Å². The standard InChI is InChI=1S/C24H36N6O3.2ClH/c1-16-9-10-18-17(15-16)22(30-23(28-18)24(31)26-12-6-13-32-2)29-20-8-5-4-7-19(20)27-21(25)11-14-33-3;;/h9-10,15,19-20H,4-8,11-14H2,1-3H3,(H2,25,27)(H,26,31)(H,28,29,30);2*1H/t19-,20+;;/m1../s1. The van der Waals surface area contributed by atoms with Gasteiger partial charge in [0.15, 0.2) is 0 Å². The van der Waals surface area contributed by atoms with Gasteiger partial charge in [-0.25, -0.2) is 9.97 Å². The lowest BCUT2D eigenvalue weighted by Crippen LogP contribution is -2.37. The monoisotopic (exact) mass is 528 g/mol. The van der Waals surface area contributed by atoms with Gasteiger partial charge >= 0.3 is 0 Å². The van der Waals surface area contributed by atoms with E-state index in [4.69, 9.17) is 20.2 Å². The van der Waals surface area contributed by atoms with E-state index in [2.05, 4.69) is 20.6 Å². The normalized spacial score (nSPS) is 17.9. The van der Waals surface area contributed by atoms with Crippen molar-refractivity contribution in [3.05, 3.63) is 29.6 Å². The molecule has 9 nitrogen and oxygen atoms in total. The number of halogens is 2. The lowest BCUT2D eigenvalue weighted by molar-refractivity contribution is 0.0938. The van der Waals surface area contributed by atoms with Gasteiger partial charge in [0, 0.05) is 45.2 Å². The highest BCUT2D eigenvalue weighted by atomic mass is 35.5. The number of hydrogen-bond donors (Lipinski definition) is 3. The molecule has 0 spiro atoms. The zero-order valence-corrected chi connectivity index (χ0v) is 22.3. The van der Waals surface area contributed by atoms with Gasteiger partial charge in [-0.05, 0) is 38.3 Å². The van der Waals surface area contributed by atoms with Gasteiger partial charge in [0.05, 0.1) is 24.0 Å². The number of amides is 1. The minimum atomic E-state index is -0.293. The van der Waals surface area contributed by atoms with Gasteiger partial charge in [0.2, 0.25) is 5.82 Å². The van der Waals surface area contributed by atoms with Crippen LogP contribution in [-0.2, 0) is 9.47 Å². The van der Waals surface area contributed by atoms with E-state index in [9.17, 15) is 4.79 Å². The summed E-state index contributed by atoms with van der Waals surface area (Å²) in [6, 6.07) is 6.10. The number of aryl methyl sites for hydroxylation is 1. The zero-order chi connectivity index (χ0) is 23.6. The highest BCUT2D eigenvalue weighted by molar-refractivity contribution is 5.96. The Bertz CT molecular complexity index is 976. The second kappa shape index (κ2) is 15.7. The first kappa shape index (κ1) is 30.8. The number of carbonyl (C=O) groups is 1. The summed E-state index contributed by atoms with van der Waals surface area (Å²) in [5, 5.41) is 7.36. The molecule has 1 aliphatic carbocycles. The van der Waals surface area contributed by atoms with Crippen LogP contribution in [0.15, 0.2) is 23.2 Å². The van der Waals surface area contributed by atoms with Crippen LogP contribution >= 0.6 is 24.8 Å². The van der Waals surface area contributed by atoms with Gasteiger partial charge in [-0.3, -0.25) is 9.79 Å². The number of hydrogen-bond acceptors (Lipinski definition) is 7. The number of amidine groups is 1.